The molecule has 0 atom stereocenters. The van der Waals surface area contributed by atoms with Gasteiger partial charge in [-0.25, -0.2) is 4.79 Å². The van der Waals surface area contributed by atoms with Crippen molar-refractivity contribution in [3.63, 3.8) is 0 Å². The van der Waals surface area contributed by atoms with Crippen molar-refractivity contribution in [2.75, 3.05) is 18.0 Å². The van der Waals surface area contributed by atoms with Gasteiger partial charge in [-0.1, -0.05) is 12.2 Å². The second-order valence-corrected chi connectivity index (χ2v) is 4.41. The minimum Gasteiger partial charge on any atom is -0.423 e. The molecule has 0 amide bonds. The van der Waals surface area contributed by atoms with Crippen molar-refractivity contribution in [1.82, 2.24) is 0 Å². The summed E-state index contributed by atoms with van der Waals surface area (Å²) >= 11 is 0. The summed E-state index contributed by atoms with van der Waals surface area (Å²) in [7, 11) is 0. The summed E-state index contributed by atoms with van der Waals surface area (Å²) in [6.07, 6.45) is 3.72. The molecule has 0 N–H and O–H groups in total. The Kier molecular flexibility index (Phi) is 3.85. The molecule has 0 bridgehead atoms. The van der Waals surface area contributed by atoms with Crippen LogP contribution in [-0.4, -0.2) is 13.1 Å². The highest BCUT2D eigenvalue weighted by molar-refractivity contribution is 5.82. The van der Waals surface area contributed by atoms with E-state index in [1.165, 1.54) is 6.07 Å². The van der Waals surface area contributed by atoms with Gasteiger partial charge in [0, 0.05) is 30.2 Å². The van der Waals surface area contributed by atoms with Gasteiger partial charge in [0.05, 0.1) is 0 Å². The van der Waals surface area contributed by atoms with Crippen molar-refractivity contribution in [3.8, 4) is 0 Å². The second-order valence-electron chi connectivity index (χ2n) is 4.41. The first-order valence-corrected chi connectivity index (χ1v) is 6.17. The van der Waals surface area contributed by atoms with Crippen LogP contribution in [0.15, 0.2) is 58.8 Å². The van der Waals surface area contributed by atoms with Crippen LogP contribution < -0.4 is 10.5 Å². The second kappa shape index (κ2) is 5.57. The molecule has 1 aromatic heterocycles. The normalized spacial score (nSPS) is 10.4. The number of fused-ring (bicyclic) bond motifs is 1. The quantitative estimate of drug-likeness (QED) is 0.607. The highest BCUT2D eigenvalue weighted by Gasteiger charge is 2.09. The van der Waals surface area contributed by atoms with Crippen LogP contribution in [0.4, 0.5) is 5.69 Å². The van der Waals surface area contributed by atoms with Gasteiger partial charge in [-0.15, -0.1) is 13.2 Å². The molecule has 1 heterocycles. The molecule has 98 valence electrons. The van der Waals surface area contributed by atoms with Crippen LogP contribution >= 0.6 is 0 Å². The van der Waals surface area contributed by atoms with Crippen LogP contribution in [0.3, 0.4) is 0 Å². The first-order chi connectivity index (χ1) is 9.15. The Labute approximate surface area is 112 Å². The molecule has 0 spiro atoms. The predicted octanol–water partition coefficient (Wildman–Crippen LogP) is 3.28. The molecule has 0 aliphatic heterocycles. The number of rotatable bonds is 5. The fourth-order valence-electron chi connectivity index (χ4n) is 2.13. The van der Waals surface area contributed by atoms with Crippen LogP contribution in [0.5, 0.6) is 0 Å². The minimum atomic E-state index is -0.325. The SMILES string of the molecule is C=CCN(CC=C)c1cc2ccc(=O)oc2cc1C. The highest BCUT2D eigenvalue weighted by atomic mass is 16.4. The van der Waals surface area contributed by atoms with E-state index in [1.807, 2.05) is 31.2 Å². The van der Waals surface area contributed by atoms with E-state index in [4.69, 9.17) is 4.42 Å². The zero-order valence-corrected chi connectivity index (χ0v) is 11.1. The van der Waals surface area contributed by atoms with Crippen molar-refractivity contribution in [1.29, 1.82) is 0 Å². The molecule has 0 saturated carbocycles. The number of hydrogen-bond acceptors (Lipinski definition) is 3. The van der Waals surface area contributed by atoms with Crippen LogP contribution in [0.25, 0.3) is 11.0 Å². The molecule has 0 fully saturated rings. The standard InChI is InChI=1S/C16H17NO2/c1-4-8-17(9-5-2)14-11-13-6-7-16(18)19-15(13)10-12(14)3/h4-7,10-11H,1-2,8-9H2,3H3. The molecular weight excluding hydrogens is 238 g/mol. The van der Waals surface area contributed by atoms with Gasteiger partial charge in [0.15, 0.2) is 0 Å². The largest absolute Gasteiger partial charge is 0.423 e. The lowest BCUT2D eigenvalue weighted by atomic mass is 10.1. The van der Waals surface area contributed by atoms with E-state index in [1.54, 1.807) is 6.07 Å². The fraction of sp³-hybridized carbons (Fsp3) is 0.188. The summed E-state index contributed by atoms with van der Waals surface area (Å²) in [5, 5.41) is 0.915. The third kappa shape index (κ3) is 2.76. The molecular formula is C16H17NO2. The Morgan fingerprint density at radius 2 is 1.89 bits per heavy atom. The number of nitrogens with zero attached hydrogens (tertiary/aromatic N) is 1. The summed E-state index contributed by atoms with van der Waals surface area (Å²) in [4.78, 5) is 13.4. The summed E-state index contributed by atoms with van der Waals surface area (Å²) < 4.78 is 5.18. The minimum absolute atomic E-state index is 0.325. The van der Waals surface area contributed by atoms with E-state index in [0.29, 0.717) is 5.58 Å². The van der Waals surface area contributed by atoms with E-state index in [-0.39, 0.29) is 5.63 Å². The van der Waals surface area contributed by atoms with Gasteiger partial charge in [0.1, 0.15) is 5.58 Å². The lowest BCUT2D eigenvalue weighted by Gasteiger charge is -2.24. The van der Waals surface area contributed by atoms with E-state index in [0.717, 1.165) is 29.7 Å². The predicted molar refractivity (Wildman–Crippen MR) is 79.8 cm³/mol. The van der Waals surface area contributed by atoms with Crippen molar-refractivity contribution < 1.29 is 4.42 Å². The molecule has 0 saturated heterocycles. The van der Waals surface area contributed by atoms with E-state index in [2.05, 4.69) is 18.1 Å². The van der Waals surface area contributed by atoms with Gasteiger partial charge in [-0.3, -0.25) is 0 Å². The van der Waals surface area contributed by atoms with Crippen LogP contribution in [0.1, 0.15) is 5.56 Å². The zero-order valence-electron chi connectivity index (χ0n) is 11.1. The van der Waals surface area contributed by atoms with Gasteiger partial charge in [-0.2, -0.15) is 0 Å². The maximum atomic E-state index is 11.2. The lowest BCUT2D eigenvalue weighted by Crippen LogP contribution is -2.23. The van der Waals surface area contributed by atoms with Gasteiger partial charge in [0.2, 0.25) is 0 Å². The Morgan fingerprint density at radius 1 is 1.21 bits per heavy atom. The average molecular weight is 255 g/mol. The molecule has 3 nitrogen and oxygen atoms in total. The van der Waals surface area contributed by atoms with E-state index < -0.39 is 0 Å². The molecule has 19 heavy (non-hydrogen) atoms. The summed E-state index contributed by atoms with van der Waals surface area (Å²) in [6, 6.07) is 7.14. The number of aryl methyl sites for hydroxylation is 1. The summed E-state index contributed by atoms with van der Waals surface area (Å²) in [5.74, 6) is 0. The maximum absolute atomic E-state index is 11.2. The summed E-state index contributed by atoms with van der Waals surface area (Å²) in [5.41, 5.74) is 2.45. The van der Waals surface area contributed by atoms with E-state index >= 15 is 0 Å². The summed E-state index contributed by atoms with van der Waals surface area (Å²) in [6.45, 7) is 11.0. The maximum Gasteiger partial charge on any atom is 0.336 e. The third-order valence-corrected chi connectivity index (χ3v) is 2.98. The van der Waals surface area contributed by atoms with Crippen LogP contribution in [0, 0.1) is 6.92 Å². The number of hydrogen-bond donors (Lipinski definition) is 0. The van der Waals surface area contributed by atoms with Crippen LogP contribution in [0.2, 0.25) is 0 Å². The molecule has 1 aromatic carbocycles. The zero-order chi connectivity index (χ0) is 13.8. The van der Waals surface area contributed by atoms with Crippen molar-refractivity contribution in [2.45, 2.75) is 6.92 Å². The number of anilines is 1. The molecule has 0 aliphatic carbocycles. The first-order valence-electron chi connectivity index (χ1n) is 6.17. The van der Waals surface area contributed by atoms with Crippen LogP contribution in [-0.2, 0) is 0 Å². The Balaban J connectivity index is 2.55. The average Bonchev–Trinajstić information content (AvgIpc) is 2.37. The van der Waals surface area contributed by atoms with E-state index in [9.17, 15) is 4.79 Å². The topological polar surface area (TPSA) is 33.5 Å². The molecule has 0 unspecified atom stereocenters. The molecule has 3 heteroatoms. The molecule has 0 aliphatic rings. The van der Waals surface area contributed by atoms with Crippen molar-refractivity contribution in [2.24, 2.45) is 0 Å². The van der Waals surface area contributed by atoms with Gasteiger partial charge in [-0.05, 0) is 30.7 Å². The first kappa shape index (κ1) is 13.1. The number of benzene rings is 1. The molecule has 2 aromatic rings. The van der Waals surface area contributed by atoms with Crippen molar-refractivity contribution in [3.05, 3.63) is 65.6 Å². The van der Waals surface area contributed by atoms with Gasteiger partial charge >= 0.3 is 5.63 Å². The van der Waals surface area contributed by atoms with Gasteiger partial charge in [0.25, 0.3) is 0 Å². The Morgan fingerprint density at radius 3 is 2.53 bits per heavy atom. The molecule has 0 radical (unpaired) electrons. The monoisotopic (exact) mass is 255 g/mol. The Bertz CT molecular complexity index is 660. The third-order valence-electron chi connectivity index (χ3n) is 2.98. The van der Waals surface area contributed by atoms with Crippen molar-refractivity contribution >= 4 is 16.7 Å². The fourth-order valence-corrected chi connectivity index (χ4v) is 2.13. The smallest absolute Gasteiger partial charge is 0.336 e. The van der Waals surface area contributed by atoms with Gasteiger partial charge < -0.3 is 9.32 Å². The lowest BCUT2D eigenvalue weighted by molar-refractivity contribution is 0.561. The highest BCUT2D eigenvalue weighted by Crippen LogP contribution is 2.26. The Hall–Kier alpha value is -2.29. The molecule has 2 rings (SSSR count).